The molecule has 0 aromatic rings. The van der Waals surface area contributed by atoms with Crippen LogP contribution in [0.5, 0.6) is 0 Å². The van der Waals surface area contributed by atoms with Gasteiger partial charge < -0.3 is 16.8 Å². The summed E-state index contributed by atoms with van der Waals surface area (Å²) in [6.45, 7) is 6.42. The maximum atomic E-state index is 10.2. The summed E-state index contributed by atoms with van der Waals surface area (Å²) >= 11 is 0. The van der Waals surface area contributed by atoms with Crippen LogP contribution in [-0.4, -0.2) is 5.97 Å². The lowest BCUT2D eigenvalue weighted by molar-refractivity contribution is -0.305. The van der Waals surface area contributed by atoms with Crippen molar-refractivity contribution in [3.8, 4) is 0 Å². The largest absolute Gasteiger partial charge is 0.550 e. The van der Waals surface area contributed by atoms with Crippen LogP contribution in [-0.2, 0) is 4.79 Å². The Hall–Kier alpha value is -0.790. The highest BCUT2D eigenvalue weighted by Gasteiger charge is 1.94. The van der Waals surface area contributed by atoms with Crippen molar-refractivity contribution in [3.63, 3.8) is 0 Å². The number of allylic oxidation sites excluding steroid dienone is 2. The summed E-state index contributed by atoms with van der Waals surface area (Å²) in [6.07, 6.45) is 19.1. The van der Waals surface area contributed by atoms with Crippen LogP contribution in [0.4, 0.5) is 0 Å². The van der Waals surface area contributed by atoms with Crippen molar-refractivity contribution < 1.29 is 9.90 Å². The molecule has 0 heterocycles. The predicted octanol–water partition coefficient (Wildman–Crippen LogP) is 4.83. The number of carbonyl (C=O) groups is 1. The molecule has 2 nitrogen and oxygen atoms in total. The molecule has 0 aliphatic heterocycles. The lowest BCUT2D eigenvalue weighted by atomic mass is 10.0. The number of hydrogen-bond acceptors (Lipinski definition) is 2. The van der Waals surface area contributed by atoms with E-state index < -0.39 is 5.97 Å². The van der Waals surface area contributed by atoms with Crippen molar-refractivity contribution in [3.05, 3.63) is 19.1 Å². The van der Waals surface area contributed by atoms with Gasteiger partial charge in [0.25, 0.3) is 0 Å². The normalized spacial score (nSPS) is 12.9. The van der Waals surface area contributed by atoms with Crippen LogP contribution in [0.1, 0.15) is 90.4 Å². The monoisotopic (exact) mass is 294 g/mol. The molecule has 1 atom stereocenters. The van der Waals surface area contributed by atoms with Gasteiger partial charge in [-0.05, 0) is 25.7 Å². The lowest BCUT2D eigenvalue weighted by Crippen LogP contribution is -2.21. The van der Waals surface area contributed by atoms with Gasteiger partial charge in [-0.2, -0.15) is 5.92 Å². The molecule has 124 valence electrons. The Morgan fingerprint density at radius 3 is 2.33 bits per heavy atom. The predicted molar refractivity (Wildman–Crippen MR) is 88.7 cm³/mol. The first-order valence-electron chi connectivity index (χ1n) is 8.86. The molecule has 0 aliphatic rings. The van der Waals surface area contributed by atoms with E-state index in [1.165, 1.54) is 51.4 Å². The first-order valence-corrected chi connectivity index (χ1v) is 8.86. The van der Waals surface area contributed by atoms with Gasteiger partial charge in [-0.3, -0.25) is 0 Å². The van der Waals surface area contributed by atoms with Crippen LogP contribution in [0.3, 0.4) is 0 Å². The first kappa shape index (κ1) is 20.2. The van der Waals surface area contributed by atoms with Crippen molar-refractivity contribution in [1.29, 1.82) is 0 Å². The first-order chi connectivity index (χ1) is 10.2. The number of carboxylic acids is 1. The number of carboxylic acid groups (broad SMARTS) is 1. The van der Waals surface area contributed by atoms with E-state index in [-0.39, 0.29) is 6.42 Å². The molecule has 0 aromatic carbocycles. The highest BCUT2D eigenvalue weighted by atomic mass is 16.4. The Bertz CT molecular complexity index is 258. The van der Waals surface area contributed by atoms with Gasteiger partial charge >= 0.3 is 0 Å². The highest BCUT2D eigenvalue weighted by Crippen LogP contribution is 2.13. The Morgan fingerprint density at radius 2 is 1.62 bits per heavy atom. The minimum Gasteiger partial charge on any atom is -0.550 e. The van der Waals surface area contributed by atoms with Crippen LogP contribution in [0.25, 0.3) is 0 Å². The third kappa shape index (κ3) is 17.2. The molecule has 0 aromatic heterocycles. The van der Waals surface area contributed by atoms with E-state index in [4.69, 9.17) is 0 Å². The number of carbonyl (C=O) groups excluding carboxylic acids is 1. The number of unbranched alkanes of at least 4 members (excludes halogenated alkanes) is 9. The zero-order valence-corrected chi connectivity index (χ0v) is 13.9. The van der Waals surface area contributed by atoms with Crippen LogP contribution in [0, 0.1) is 12.8 Å². The van der Waals surface area contributed by atoms with E-state index in [0.29, 0.717) is 5.92 Å². The fraction of sp³-hybridized carbons (Fsp3) is 0.789. The van der Waals surface area contributed by atoms with E-state index in [2.05, 4.69) is 26.0 Å². The Balaban J connectivity index is 3.29. The Kier molecular flexibility index (Phi) is 15.0. The summed E-state index contributed by atoms with van der Waals surface area (Å²) in [5.74, 6) is -0.489. The molecule has 0 N–H and O–H groups in total. The van der Waals surface area contributed by atoms with Gasteiger partial charge in [-0.1, -0.05) is 70.8 Å². The van der Waals surface area contributed by atoms with Crippen molar-refractivity contribution in [1.82, 2.24) is 0 Å². The van der Waals surface area contributed by atoms with Crippen molar-refractivity contribution in [2.45, 2.75) is 90.4 Å². The molecule has 0 radical (unpaired) electrons. The van der Waals surface area contributed by atoms with Crippen LogP contribution in [0.2, 0.25) is 0 Å². The number of aliphatic carboxylic acids is 1. The summed E-state index contributed by atoms with van der Waals surface area (Å²) < 4.78 is 0. The van der Waals surface area contributed by atoms with Gasteiger partial charge in [0.1, 0.15) is 0 Å². The fourth-order valence-corrected chi connectivity index (χ4v) is 2.46. The summed E-state index contributed by atoms with van der Waals surface area (Å²) in [7, 11) is 0. The second-order valence-electron chi connectivity index (χ2n) is 6.07. The zero-order chi connectivity index (χ0) is 15.8. The quantitative estimate of drug-likeness (QED) is 0.246. The Morgan fingerprint density at radius 1 is 1.00 bits per heavy atom. The lowest BCUT2D eigenvalue weighted by Gasteiger charge is -2.12. The molecular weight excluding hydrogens is 260 g/mol. The molecule has 21 heavy (non-hydrogen) atoms. The second-order valence-corrected chi connectivity index (χ2v) is 6.07. The van der Waals surface area contributed by atoms with Gasteiger partial charge in [-0.25, -0.2) is 0 Å². The number of rotatable bonds is 15. The third-order valence-electron chi connectivity index (χ3n) is 3.84. The minimum atomic E-state index is -0.923. The topological polar surface area (TPSA) is 40.1 Å². The summed E-state index contributed by atoms with van der Waals surface area (Å²) in [6, 6.07) is 0. The number of hydrogen-bond donors (Lipinski definition) is 0. The van der Waals surface area contributed by atoms with Gasteiger partial charge in [0.15, 0.2) is 0 Å². The van der Waals surface area contributed by atoms with Crippen LogP contribution >= 0.6 is 0 Å². The minimum absolute atomic E-state index is 0.207. The van der Waals surface area contributed by atoms with E-state index in [1.54, 1.807) is 0 Å². The van der Waals surface area contributed by atoms with Crippen LogP contribution < -0.4 is 5.11 Å². The Labute approximate surface area is 132 Å². The van der Waals surface area contributed by atoms with Gasteiger partial charge in [0, 0.05) is 5.97 Å². The molecule has 0 spiro atoms. The van der Waals surface area contributed by atoms with Gasteiger partial charge in [0.2, 0.25) is 0 Å². The molecule has 0 saturated carbocycles. The van der Waals surface area contributed by atoms with Crippen molar-refractivity contribution >= 4 is 5.97 Å². The average molecular weight is 294 g/mol. The van der Waals surface area contributed by atoms with Gasteiger partial charge in [0.05, 0.1) is 0 Å². The zero-order valence-electron chi connectivity index (χ0n) is 13.9. The maximum Gasteiger partial charge on any atom is 0.0414 e. The second kappa shape index (κ2) is 15.6. The fourth-order valence-electron chi connectivity index (χ4n) is 2.46. The molecular formula is C19H34O2-2. The van der Waals surface area contributed by atoms with E-state index in [9.17, 15) is 9.90 Å². The van der Waals surface area contributed by atoms with Crippen molar-refractivity contribution in [2.75, 3.05) is 0 Å². The molecule has 0 amide bonds. The third-order valence-corrected chi connectivity index (χ3v) is 3.84. The van der Waals surface area contributed by atoms with Gasteiger partial charge in [-0.15, -0.1) is 6.08 Å². The average Bonchev–Trinajstić information content (AvgIpc) is 2.45. The summed E-state index contributed by atoms with van der Waals surface area (Å²) in [4.78, 5) is 10.2. The molecule has 0 bridgehead atoms. The van der Waals surface area contributed by atoms with E-state index in [1.807, 2.05) is 0 Å². The summed E-state index contributed by atoms with van der Waals surface area (Å²) in [5, 5.41) is 10.2. The standard InChI is InChI=1S/C19H35O2/c1-3-4-5-6-7-9-12-15-18(2)16-13-10-8-11-14-17-19(20)21/h12,15,18H,2-11,13-14,16-17H2,1H3,(H,20,21)/q-1/p-1/b15-12+. The van der Waals surface area contributed by atoms with E-state index in [0.717, 1.165) is 25.7 Å². The SMILES string of the molecule is [CH2-]C(/C=C/CCCCCCC)CCCCCCCC(=O)[O-]. The van der Waals surface area contributed by atoms with E-state index >= 15 is 0 Å². The van der Waals surface area contributed by atoms with Crippen molar-refractivity contribution in [2.24, 2.45) is 5.92 Å². The molecule has 1 unspecified atom stereocenters. The molecule has 0 saturated heterocycles. The smallest absolute Gasteiger partial charge is 0.0414 e. The maximum absolute atomic E-state index is 10.2. The molecule has 0 aliphatic carbocycles. The van der Waals surface area contributed by atoms with Crippen LogP contribution in [0.15, 0.2) is 12.2 Å². The molecule has 2 heteroatoms. The molecule has 0 fully saturated rings. The summed E-state index contributed by atoms with van der Waals surface area (Å²) in [5.41, 5.74) is 0. The highest BCUT2D eigenvalue weighted by molar-refractivity contribution is 5.63. The molecule has 0 rings (SSSR count).